The van der Waals surface area contributed by atoms with Crippen molar-refractivity contribution in [2.45, 2.75) is 6.92 Å². The van der Waals surface area contributed by atoms with E-state index >= 15 is 0 Å². The number of aryl methyl sites for hydroxylation is 1. The lowest BCUT2D eigenvalue weighted by Gasteiger charge is -2.06. The minimum atomic E-state index is 0.0265. The van der Waals surface area contributed by atoms with Gasteiger partial charge in [-0.15, -0.1) is 0 Å². The molecule has 0 aliphatic heterocycles. The molecule has 2 aromatic rings. The molecule has 0 atom stereocenters. The summed E-state index contributed by atoms with van der Waals surface area (Å²) in [6.07, 6.45) is 3.40. The Kier molecular flexibility index (Phi) is 3.28. The van der Waals surface area contributed by atoms with Crippen LogP contribution < -0.4 is 4.74 Å². The second-order valence-corrected chi connectivity index (χ2v) is 4.51. The highest BCUT2D eigenvalue weighted by molar-refractivity contribution is 9.10. The number of rotatable bonds is 3. The van der Waals surface area contributed by atoms with E-state index in [-0.39, 0.29) is 5.78 Å². The lowest BCUT2D eigenvalue weighted by molar-refractivity contribution is 0.101. The van der Waals surface area contributed by atoms with E-state index in [1.165, 1.54) is 6.92 Å². The molecule has 0 unspecified atom stereocenters. The fraction of sp³-hybridized carbons (Fsp3) is 0.167. The maximum atomic E-state index is 11.2. The standard InChI is InChI=1S/C12H11BrN2O2/c1-8(16)9-3-4-12(11(13)5-9)17-10-6-14-15(2)7-10/h3-7H,1-2H3. The summed E-state index contributed by atoms with van der Waals surface area (Å²) in [5.74, 6) is 1.34. The molecule has 0 saturated carbocycles. The first-order valence-corrected chi connectivity index (χ1v) is 5.82. The van der Waals surface area contributed by atoms with Gasteiger partial charge in [0.05, 0.1) is 16.9 Å². The lowest BCUT2D eigenvalue weighted by Crippen LogP contribution is -1.92. The maximum absolute atomic E-state index is 11.2. The van der Waals surface area contributed by atoms with E-state index in [1.807, 2.05) is 7.05 Å². The molecule has 2 rings (SSSR count). The minimum Gasteiger partial charge on any atom is -0.453 e. The number of hydrogen-bond acceptors (Lipinski definition) is 3. The van der Waals surface area contributed by atoms with Crippen LogP contribution in [0.5, 0.6) is 11.5 Å². The quantitative estimate of drug-likeness (QED) is 0.817. The van der Waals surface area contributed by atoms with Crippen LogP contribution in [0, 0.1) is 0 Å². The van der Waals surface area contributed by atoms with Gasteiger partial charge < -0.3 is 4.74 Å². The molecule has 1 heterocycles. The molecule has 1 aromatic heterocycles. The van der Waals surface area contributed by atoms with E-state index in [0.29, 0.717) is 17.1 Å². The first kappa shape index (κ1) is 11.9. The van der Waals surface area contributed by atoms with Gasteiger partial charge in [0.1, 0.15) is 5.75 Å². The van der Waals surface area contributed by atoms with Crippen molar-refractivity contribution >= 4 is 21.7 Å². The van der Waals surface area contributed by atoms with Crippen molar-refractivity contribution < 1.29 is 9.53 Å². The number of ether oxygens (including phenoxy) is 1. The molecular formula is C12H11BrN2O2. The molecule has 0 amide bonds. The number of nitrogens with zero attached hydrogens (tertiary/aromatic N) is 2. The summed E-state index contributed by atoms with van der Waals surface area (Å²) in [4.78, 5) is 11.2. The second kappa shape index (κ2) is 4.71. The van der Waals surface area contributed by atoms with E-state index in [1.54, 1.807) is 35.3 Å². The van der Waals surface area contributed by atoms with E-state index < -0.39 is 0 Å². The Hall–Kier alpha value is -1.62. The third-order valence-electron chi connectivity index (χ3n) is 2.25. The van der Waals surface area contributed by atoms with Crippen LogP contribution in [-0.2, 0) is 7.05 Å². The molecule has 0 fully saturated rings. The normalized spacial score (nSPS) is 10.3. The third kappa shape index (κ3) is 2.74. The van der Waals surface area contributed by atoms with E-state index in [0.717, 1.165) is 4.47 Å². The highest BCUT2D eigenvalue weighted by Crippen LogP contribution is 2.30. The average Bonchev–Trinajstić information content (AvgIpc) is 2.67. The molecular weight excluding hydrogens is 284 g/mol. The molecule has 17 heavy (non-hydrogen) atoms. The van der Waals surface area contributed by atoms with E-state index in [9.17, 15) is 4.79 Å². The van der Waals surface area contributed by atoms with Gasteiger partial charge in [0.25, 0.3) is 0 Å². The molecule has 88 valence electrons. The number of carbonyl (C=O) groups is 1. The van der Waals surface area contributed by atoms with Crippen LogP contribution in [0.4, 0.5) is 0 Å². The maximum Gasteiger partial charge on any atom is 0.165 e. The molecule has 0 saturated heterocycles. The zero-order valence-electron chi connectivity index (χ0n) is 9.48. The van der Waals surface area contributed by atoms with E-state index in [2.05, 4.69) is 21.0 Å². The van der Waals surface area contributed by atoms with Gasteiger partial charge >= 0.3 is 0 Å². The zero-order chi connectivity index (χ0) is 12.4. The number of halogens is 1. The molecule has 4 nitrogen and oxygen atoms in total. The fourth-order valence-corrected chi connectivity index (χ4v) is 1.84. The summed E-state index contributed by atoms with van der Waals surface area (Å²) < 4.78 is 8.03. The van der Waals surface area contributed by atoms with Crippen LogP contribution in [0.15, 0.2) is 35.1 Å². The Morgan fingerprint density at radius 2 is 2.24 bits per heavy atom. The number of benzene rings is 1. The molecule has 0 N–H and O–H groups in total. The molecule has 0 spiro atoms. The van der Waals surface area contributed by atoms with Crippen molar-refractivity contribution in [1.82, 2.24) is 9.78 Å². The van der Waals surface area contributed by atoms with Crippen molar-refractivity contribution in [3.05, 3.63) is 40.6 Å². The van der Waals surface area contributed by atoms with Gasteiger partial charge in [-0.25, -0.2) is 0 Å². The van der Waals surface area contributed by atoms with Gasteiger partial charge in [0.15, 0.2) is 11.5 Å². The number of carbonyl (C=O) groups excluding carboxylic acids is 1. The lowest BCUT2D eigenvalue weighted by atomic mass is 10.1. The molecule has 0 aliphatic carbocycles. The van der Waals surface area contributed by atoms with Crippen LogP contribution in [0.25, 0.3) is 0 Å². The van der Waals surface area contributed by atoms with Crippen LogP contribution >= 0.6 is 15.9 Å². The summed E-state index contributed by atoms with van der Waals surface area (Å²) >= 11 is 3.38. The fourth-order valence-electron chi connectivity index (χ4n) is 1.38. The minimum absolute atomic E-state index is 0.0265. The van der Waals surface area contributed by atoms with Crippen molar-refractivity contribution in [3.63, 3.8) is 0 Å². The topological polar surface area (TPSA) is 44.1 Å². The Bertz CT molecular complexity index is 563. The number of ketones is 1. The highest BCUT2D eigenvalue weighted by Gasteiger charge is 2.07. The van der Waals surface area contributed by atoms with Crippen molar-refractivity contribution in [2.24, 2.45) is 7.05 Å². The van der Waals surface area contributed by atoms with Gasteiger partial charge in [-0.2, -0.15) is 5.10 Å². The number of Topliss-reactive ketones (excluding diaryl/α,β-unsaturated/α-hetero) is 1. The van der Waals surface area contributed by atoms with Crippen LogP contribution in [-0.4, -0.2) is 15.6 Å². The van der Waals surface area contributed by atoms with Gasteiger partial charge in [0.2, 0.25) is 0 Å². The summed E-state index contributed by atoms with van der Waals surface area (Å²) in [6, 6.07) is 5.24. The Labute approximate surface area is 107 Å². The molecule has 0 bridgehead atoms. The van der Waals surface area contributed by atoms with E-state index in [4.69, 9.17) is 4.74 Å². The van der Waals surface area contributed by atoms with Gasteiger partial charge in [-0.1, -0.05) is 0 Å². The monoisotopic (exact) mass is 294 g/mol. The molecule has 1 aromatic carbocycles. The van der Waals surface area contributed by atoms with Gasteiger partial charge in [-0.05, 0) is 41.1 Å². The summed E-state index contributed by atoms with van der Waals surface area (Å²) in [5.41, 5.74) is 0.649. The Morgan fingerprint density at radius 3 is 2.76 bits per heavy atom. The summed E-state index contributed by atoms with van der Waals surface area (Å²) in [7, 11) is 1.82. The molecule has 0 aliphatic rings. The van der Waals surface area contributed by atoms with Crippen LogP contribution in [0.2, 0.25) is 0 Å². The highest BCUT2D eigenvalue weighted by atomic mass is 79.9. The zero-order valence-corrected chi connectivity index (χ0v) is 11.1. The van der Waals surface area contributed by atoms with Crippen LogP contribution in [0.1, 0.15) is 17.3 Å². The average molecular weight is 295 g/mol. The van der Waals surface area contributed by atoms with Crippen molar-refractivity contribution in [3.8, 4) is 11.5 Å². The van der Waals surface area contributed by atoms with Crippen LogP contribution in [0.3, 0.4) is 0 Å². The van der Waals surface area contributed by atoms with Crippen molar-refractivity contribution in [2.75, 3.05) is 0 Å². The van der Waals surface area contributed by atoms with Gasteiger partial charge in [0, 0.05) is 12.6 Å². The first-order valence-electron chi connectivity index (χ1n) is 5.03. The molecule has 5 heteroatoms. The SMILES string of the molecule is CC(=O)c1ccc(Oc2cnn(C)c2)c(Br)c1. The predicted octanol–water partition coefficient (Wildman–Crippen LogP) is 3.18. The third-order valence-corrected chi connectivity index (χ3v) is 2.87. The summed E-state index contributed by atoms with van der Waals surface area (Å²) in [6.45, 7) is 1.53. The molecule has 0 radical (unpaired) electrons. The predicted molar refractivity (Wildman–Crippen MR) is 67.4 cm³/mol. The Balaban J connectivity index is 2.25. The Morgan fingerprint density at radius 1 is 1.47 bits per heavy atom. The smallest absolute Gasteiger partial charge is 0.165 e. The van der Waals surface area contributed by atoms with Crippen molar-refractivity contribution in [1.29, 1.82) is 0 Å². The first-order chi connectivity index (χ1) is 8.06. The van der Waals surface area contributed by atoms with Gasteiger partial charge in [-0.3, -0.25) is 9.48 Å². The summed E-state index contributed by atoms with van der Waals surface area (Å²) in [5, 5.41) is 4.01. The largest absolute Gasteiger partial charge is 0.453 e. The second-order valence-electron chi connectivity index (χ2n) is 3.65. The number of aromatic nitrogens is 2. The number of hydrogen-bond donors (Lipinski definition) is 0.